The minimum atomic E-state index is -1.79. The molecule has 2 aromatic carbocycles. The molecule has 0 aliphatic carbocycles. The number of hydrogen-bond donors (Lipinski definition) is 4. The maximum Gasteiger partial charge on any atom is 0.229 e. The lowest BCUT2D eigenvalue weighted by Gasteiger charge is -2.14. The van der Waals surface area contributed by atoms with Crippen LogP contribution in [0.15, 0.2) is 59.6 Å². The number of hydrogen-bond acceptors (Lipinski definition) is 9. The Morgan fingerprint density at radius 3 is 2.55 bits per heavy atom. The van der Waals surface area contributed by atoms with Gasteiger partial charge < -0.3 is 29.5 Å². The second-order valence-electron chi connectivity index (χ2n) is 6.55. The molecule has 3 aromatic rings. The minimum Gasteiger partial charge on any atom is -0.495 e. The second-order valence-corrected chi connectivity index (χ2v) is 7.56. The van der Waals surface area contributed by atoms with Crippen molar-refractivity contribution in [2.45, 2.75) is 17.9 Å². The van der Waals surface area contributed by atoms with Crippen LogP contribution in [0.4, 0.5) is 17.5 Å². The first-order valence-corrected chi connectivity index (χ1v) is 10.5. The fourth-order valence-electron chi connectivity index (χ4n) is 2.60. The fourth-order valence-corrected chi connectivity index (χ4v) is 2.98. The summed E-state index contributed by atoms with van der Waals surface area (Å²) in [5.74, 6) is 7.61. The van der Waals surface area contributed by atoms with Gasteiger partial charge in [-0.1, -0.05) is 41.0 Å². The number of rotatable bonds is 7. The monoisotopic (exact) mass is 436 g/mol. The lowest BCUT2D eigenvalue weighted by atomic mass is 10.2. The van der Waals surface area contributed by atoms with E-state index in [2.05, 4.69) is 32.4 Å². The molecular weight excluding hydrogens is 414 g/mol. The van der Waals surface area contributed by atoms with Crippen LogP contribution in [-0.4, -0.2) is 34.8 Å². The number of nitrogens with zero attached hydrogens (tertiary/aromatic N) is 2. The van der Waals surface area contributed by atoms with Crippen molar-refractivity contribution < 1.29 is 14.1 Å². The molecule has 9 heteroatoms. The third kappa shape index (κ3) is 5.94. The van der Waals surface area contributed by atoms with Crippen molar-refractivity contribution in [3.63, 3.8) is 0 Å². The predicted molar refractivity (Wildman–Crippen MR) is 120 cm³/mol. The number of methoxy groups -OCH3 is 1. The number of aliphatic hydroxyl groups excluding tert-OH is 1. The van der Waals surface area contributed by atoms with Crippen molar-refractivity contribution >= 4 is 28.0 Å². The van der Waals surface area contributed by atoms with Crippen LogP contribution in [0, 0.1) is 16.6 Å². The van der Waals surface area contributed by atoms with E-state index in [1.165, 1.54) is 0 Å². The molecule has 0 bridgehead atoms. The van der Waals surface area contributed by atoms with Gasteiger partial charge >= 0.3 is 0 Å². The highest BCUT2D eigenvalue weighted by atomic mass is 32.2. The highest BCUT2D eigenvalue weighted by Crippen LogP contribution is 2.20. The van der Waals surface area contributed by atoms with Gasteiger partial charge in [-0.05, 0) is 31.2 Å². The Kier molecular flexibility index (Phi) is 7.43. The third-order valence-corrected chi connectivity index (χ3v) is 4.91. The number of anilines is 3. The number of ether oxygens (including phenoxy) is 1. The summed E-state index contributed by atoms with van der Waals surface area (Å²) in [6.07, 6.45) is 1.59. The molecule has 8 nitrogen and oxygen atoms in total. The lowest BCUT2D eigenvalue weighted by molar-refractivity contribution is 0.281. The molecule has 0 unspecified atom stereocenters. The number of aliphatic hydroxyl groups is 1. The third-order valence-electron chi connectivity index (χ3n) is 4.21. The first-order chi connectivity index (χ1) is 15.0. The summed E-state index contributed by atoms with van der Waals surface area (Å²) < 4.78 is 23.8. The number of nitrogens with one attached hydrogen (secondary N) is 3. The molecule has 0 fully saturated rings. The molecule has 160 valence electrons. The predicted octanol–water partition coefficient (Wildman–Crippen LogP) is 3.51. The number of benzene rings is 2. The number of aromatic nitrogens is 2. The average molecular weight is 437 g/mol. The van der Waals surface area contributed by atoms with Gasteiger partial charge in [0.05, 0.1) is 31.0 Å². The van der Waals surface area contributed by atoms with E-state index >= 15 is 0 Å². The quantitative estimate of drug-likeness (QED) is 0.330. The smallest absolute Gasteiger partial charge is 0.229 e. The van der Waals surface area contributed by atoms with Crippen LogP contribution in [0.3, 0.4) is 0 Å². The van der Waals surface area contributed by atoms with Gasteiger partial charge in [-0.25, -0.2) is 4.98 Å². The lowest BCUT2D eigenvalue weighted by Crippen LogP contribution is -2.21. The zero-order valence-corrected chi connectivity index (χ0v) is 17.9. The van der Waals surface area contributed by atoms with Crippen LogP contribution in [0.25, 0.3) is 0 Å². The normalized spacial score (nSPS) is 11.4. The summed E-state index contributed by atoms with van der Waals surface area (Å²) in [4.78, 5) is 9.23. The average Bonchev–Trinajstić information content (AvgIpc) is 2.79. The zero-order chi connectivity index (χ0) is 22.2. The maximum absolute atomic E-state index is 11.2. The summed E-state index contributed by atoms with van der Waals surface area (Å²) in [7, 11) is -0.194. The van der Waals surface area contributed by atoms with E-state index < -0.39 is 10.6 Å². The zero-order valence-electron chi connectivity index (χ0n) is 17.0. The van der Waals surface area contributed by atoms with Gasteiger partial charge in [-0.15, -0.1) is 0 Å². The first-order valence-electron chi connectivity index (χ1n) is 9.39. The molecule has 4 N–H and O–H groups in total. The van der Waals surface area contributed by atoms with Crippen molar-refractivity contribution in [3.05, 3.63) is 65.9 Å². The van der Waals surface area contributed by atoms with Gasteiger partial charge in [0, 0.05) is 11.7 Å². The number of para-hydroxylation sites is 1. The molecule has 0 radical (unpaired) electrons. The Labute approximate surface area is 182 Å². The Morgan fingerprint density at radius 2 is 1.87 bits per heavy atom. The van der Waals surface area contributed by atoms with Crippen LogP contribution in [0.1, 0.15) is 18.1 Å². The van der Waals surface area contributed by atoms with Gasteiger partial charge in [0.2, 0.25) is 5.95 Å². The molecule has 1 heterocycles. The van der Waals surface area contributed by atoms with Gasteiger partial charge in [-0.2, -0.15) is 15.6 Å². The fraction of sp³-hybridized carbons (Fsp3) is 0.182. The molecule has 31 heavy (non-hydrogen) atoms. The van der Waals surface area contributed by atoms with E-state index in [0.29, 0.717) is 33.7 Å². The van der Waals surface area contributed by atoms with Crippen molar-refractivity contribution in [3.8, 4) is 17.6 Å². The topological polar surface area (TPSA) is 120 Å². The Balaban J connectivity index is 1.91. The minimum absolute atomic E-state index is 0.0716. The van der Waals surface area contributed by atoms with Crippen molar-refractivity contribution in [1.82, 2.24) is 9.97 Å². The summed E-state index contributed by atoms with van der Waals surface area (Å²) in [6.45, 7) is 1.75. The Hall–Kier alpha value is -3.61. The standard InChI is InChI=1S/C22H22N5O3S/c1-15(14-28)25-21-17(8-7-16-5-3-4-6-20(16)30-2)13-24-22(27-21)26-18-9-11-19(12-10-18)31(23)29/h3-6,9-13,15,23,28H,14H2,1-2H3,(H2,24,25,26,27)/q-1/t15-/m1/s1. The largest absolute Gasteiger partial charge is 0.495 e. The van der Waals surface area contributed by atoms with E-state index in [4.69, 9.17) is 9.52 Å². The van der Waals surface area contributed by atoms with E-state index in [-0.39, 0.29) is 12.6 Å². The van der Waals surface area contributed by atoms with Crippen LogP contribution < -0.4 is 15.4 Å². The Morgan fingerprint density at radius 1 is 1.16 bits per heavy atom. The second kappa shape index (κ2) is 10.4. The van der Waals surface area contributed by atoms with E-state index in [1.54, 1.807) is 37.6 Å². The molecule has 1 aromatic heterocycles. The molecule has 0 aliphatic rings. The van der Waals surface area contributed by atoms with E-state index in [1.807, 2.05) is 31.2 Å². The van der Waals surface area contributed by atoms with E-state index in [0.717, 1.165) is 5.56 Å². The SMILES string of the molecule is COc1ccccc1C#Cc1cnc(Nc2ccc([S-](=N)=O)cc2)nc1N[C@H](C)CO. The summed E-state index contributed by atoms with van der Waals surface area (Å²) in [5, 5.41) is 15.6. The van der Waals surface area contributed by atoms with Crippen LogP contribution >= 0.6 is 0 Å². The van der Waals surface area contributed by atoms with Crippen molar-refractivity contribution in [2.24, 2.45) is 0 Å². The molecule has 0 spiro atoms. The maximum atomic E-state index is 11.2. The summed E-state index contributed by atoms with van der Waals surface area (Å²) in [5.41, 5.74) is 1.99. The van der Waals surface area contributed by atoms with Crippen LogP contribution in [0.2, 0.25) is 0 Å². The van der Waals surface area contributed by atoms with Crippen LogP contribution in [0.5, 0.6) is 5.75 Å². The summed E-state index contributed by atoms with van der Waals surface area (Å²) >= 11 is 0. The molecule has 0 saturated carbocycles. The van der Waals surface area contributed by atoms with Gasteiger partial charge in [0.15, 0.2) is 0 Å². The molecule has 0 amide bonds. The van der Waals surface area contributed by atoms with Crippen LogP contribution in [-0.2, 0) is 14.8 Å². The molecule has 0 aliphatic heterocycles. The van der Waals surface area contributed by atoms with Gasteiger partial charge in [0.25, 0.3) is 0 Å². The molecule has 3 rings (SSSR count). The Bertz CT molecular complexity index is 1180. The van der Waals surface area contributed by atoms with E-state index in [9.17, 15) is 9.32 Å². The molecular formula is C22H22N5O3S-. The first kappa shape index (κ1) is 22.1. The summed E-state index contributed by atoms with van der Waals surface area (Å²) in [6, 6.07) is 13.8. The highest BCUT2D eigenvalue weighted by Gasteiger charge is 2.09. The van der Waals surface area contributed by atoms with Gasteiger partial charge in [-0.3, -0.25) is 0 Å². The highest BCUT2D eigenvalue weighted by molar-refractivity contribution is 7.73. The van der Waals surface area contributed by atoms with Gasteiger partial charge in [0.1, 0.15) is 11.6 Å². The molecule has 0 saturated heterocycles. The van der Waals surface area contributed by atoms with Crippen molar-refractivity contribution in [2.75, 3.05) is 24.4 Å². The van der Waals surface area contributed by atoms with Crippen molar-refractivity contribution in [1.29, 1.82) is 4.78 Å². The molecule has 1 atom stereocenters.